The maximum absolute atomic E-state index is 12.9. The molecule has 0 aromatic heterocycles. The van der Waals surface area contributed by atoms with E-state index < -0.39 is 10.0 Å². The maximum atomic E-state index is 12.9. The molecule has 0 bridgehead atoms. The second-order valence-corrected chi connectivity index (χ2v) is 10.9. The molecule has 2 aliphatic rings. The van der Waals surface area contributed by atoms with Gasteiger partial charge in [-0.15, -0.1) is 0 Å². The van der Waals surface area contributed by atoms with Crippen molar-refractivity contribution in [3.63, 3.8) is 0 Å². The van der Waals surface area contributed by atoms with Crippen LogP contribution in [0.3, 0.4) is 0 Å². The smallest absolute Gasteiger partial charge is 0.243 e. The molecule has 7 nitrogen and oxygen atoms in total. The number of benzene rings is 1. The first-order valence-electron chi connectivity index (χ1n) is 11.7. The highest BCUT2D eigenvalue weighted by Crippen LogP contribution is 2.23. The van der Waals surface area contributed by atoms with Crippen LogP contribution in [-0.4, -0.2) is 69.4 Å². The largest absolute Gasteiger partial charge is 0.354 e. The standard InChI is InChI=1S/C23H39N5O2S/c1-4-13-27-15-11-21(12-16-27)26-23(24-3)25-17-20-7-9-22(10-8-20)31(29,30)28-14-5-6-19(2)18-28/h7-10,19,21H,4-6,11-18H2,1-3H3,(H2,24,25,26). The first-order valence-corrected chi connectivity index (χ1v) is 13.1. The molecule has 2 heterocycles. The van der Waals surface area contributed by atoms with Crippen LogP contribution < -0.4 is 10.6 Å². The lowest BCUT2D eigenvalue weighted by Gasteiger charge is -2.32. The third kappa shape index (κ3) is 6.67. The van der Waals surface area contributed by atoms with Crippen molar-refractivity contribution in [3.05, 3.63) is 29.8 Å². The quantitative estimate of drug-likeness (QED) is 0.494. The molecule has 31 heavy (non-hydrogen) atoms. The van der Waals surface area contributed by atoms with E-state index in [2.05, 4.69) is 34.4 Å². The molecule has 3 rings (SSSR count). The maximum Gasteiger partial charge on any atom is 0.243 e. The molecule has 1 unspecified atom stereocenters. The minimum absolute atomic E-state index is 0.381. The Morgan fingerprint density at radius 3 is 2.45 bits per heavy atom. The minimum Gasteiger partial charge on any atom is -0.354 e. The number of nitrogens with zero attached hydrogens (tertiary/aromatic N) is 3. The predicted octanol–water partition coefficient (Wildman–Crippen LogP) is 2.65. The van der Waals surface area contributed by atoms with E-state index in [4.69, 9.17) is 0 Å². The molecule has 2 saturated heterocycles. The number of rotatable bonds is 7. The van der Waals surface area contributed by atoms with Gasteiger partial charge in [0.15, 0.2) is 5.96 Å². The summed E-state index contributed by atoms with van der Waals surface area (Å²) in [6.45, 7) is 9.64. The Bertz CT molecular complexity index is 817. The van der Waals surface area contributed by atoms with Gasteiger partial charge in [0.05, 0.1) is 4.90 Å². The summed E-state index contributed by atoms with van der Waals surface area (Å²) >= 11 is 0. The minimum atomic E-state index is -3.40. The van der Waals surface area contributed by atoms with Crippen LogP contribution in [0.5, 0.6) is 0 Å². The van der Waals surface area contributed by atoms with Crippen LogP contribution in [0.25, 0.3) is 0 Å². The summed E-state index contributed by atoms with van der Waals surface area (Å²) in [7, 11) is -1.61. The summed E-state index contributed by atoms with van der Waals surface area (Å²) < 4.78 is 27.5. The van der Waals surface area contributed by atoms with Gasteiger partial charge >= 0.3 is 0 Å². The zero-order chi connectivity index (χ0) is 22.3. The monoisotopic (exact) mass is 449 g/mol. The Morgan fingerprint density at radius 1 is 1.13 bits per heavy atom. The second-order valence-electron chi connectivity index (χ2n) is 8.94. The van der Waals surface area contributed by atoms with Crippen molar-refractivity contribution in [1.82, 2.24) is 19.8 Å². The summed E-state index contributed by atoms with van der Waals surface area (Å²) in [4.78, 5) is 7.26. The summed E-state index contributed by atoms with van der Waals surface area (Å²) in [5.41, 5.74) is 1.03. The van der Waals surface area contributed by atoms with E-state index in [9.17, 15) is 8.42 Å². The van der Waals surface area contributed by atoms with Crippen LogP contribution in [0, 0.1) is 5.92 Å². The first kappa shape index (κ1) is 24.0. The van der Waals surface area contributed by atoms with Crippen LogP contribution in [0.4, 0.5) is 0 Å². The first-order chi connectivity index (χ1) is 14.9. The lowest BCUT2D eigenvalue weighted by atomic mass is 10.0. The summed E-state index contributed by atoms with van der Waals surface area (Å²) in [5, 5.41) is 6.89. The van der Waals surface area contributed by atoms with Gasteiger partial charge in [-0.1, -0.05) is 26.0 Å². The van der Waals surface area contributed by atoms with Gasteiger partial charge in [-0.05, 0) is 62.3 Å². The van der Waals surface area contributed by atoms with Crippen molar-refractivity contribution >= 4 is 16.0 Å². The Kier molecular flexibility index (Phi) is 8.75. The molecule has 2 aliphatic heterocycles. The molecule has 1 aromatic carbocycles. The second kappa shape index (κ2) is 11.3. The van der Waals surface area contributed by atoms with Gasteiger partial charge in [-0.2, -0.15) is 4.31 Å². The van der Waals surface area contributed by atoms with Crippen LogP contribution >= 0.6 is 0 Å². The fourth-order valence-electron chi connectivity index (χ4n) is 4.48. The molecule has 1 atom stereocenters. The molecule has 0 radical (unpaired) electrons. The number of hydrogen-bond donors (Lipinski definition) is 2. The van der Waals surface area contributed by atoms with Crippen LogP contribution in [0.1, 0.15) is 51.5 Å². The summed E-state index contributed by atoms with van der Waals surface area (Å²) in [6.07, 6.45) is 5.50. The van der Waals surface area contributed by atoms with E-state index in [1.165, 1.54) is 13.0 Å². The highest BCUT2D eigenvalue weighted by atomic mass is 32.2. The molecule has 0 aliphatic carbocycles. The fraction of sp³-hybridized carbons (Fsp3) is 0.696. The fourth-order valence-corrected chi connectivity index (χ4v) is 6.08. The van der Waals surface area contributed by atoms with E-state index in [-0.39, 0.29) is 0 Å². The molecule has 0 saturated carbocycles. The van der Waals surface area contributed by atoms with Gasteiger partial charge in [-0.3, -0.25) is 4.99 Å². The number of nitrogens with one attached hydrogen (secondary N) is 2. The predicted molar refractivity (Wildman–Crippen MR) is 127 cm³/mol. The molecule has 8 heteroatoms. The Morgan fingerprint density at radius 2 is 1.84 bits per heavy atom. The summed E-state index contributed by atoms with van der Waals surface area (Å²) in [5.74, 6) is 1.22. The molecule has 1 aromatic rings. The van der Waals surface area contributed by atoms with Gasteiger partial charge in [0.25, 0.3) is 0 Å². The average molecular weight is 450 g/mol. The van der Waals surface area contributed by atoms with Crippen LogP contribution in [0.2, 0.25) is 0 Å². The lowest BCUT2D eigenvalue weighted by molar-refractivity contribution is 0.206. The molecule has 0 spiro atoms. The number of guanidine groups is 1. The normalized spacial score (nSPS) is 22.4. The number of hydrogen-bond acceptors (Lipinski definition) is 4. The van der Waals surface area contributed by atoms with Crippen molar-refractivity contribution < 1.29 is 8.42 Å². The van der Waals surface area contributed by atoms with E-state index >= 15 is 0 Å². The Labute approximate surface area is 188 Å². The lowest BCUT2D eigenvalue weighted by Crippen LogP contribution is -2.48. The van der Waals surface area contributed by atoms with E-state index in [0.717, 1.165) is 50.3 Å². The molecule has 2 N–H and O–H groups in total. The third-order valence-electron chi connectivity index (χ3n) is 6.33. The van der Waals surface area contributed by atoms with Crippen molar-refractivity contribution in [1.29, 1.82) is 0 Å². The van der Waals surface area contributed by atoms with Gasteiger partial charge in [0.1, 0.15) is 0 Å². The van der Waals surface area contributed by atoms with Gasteiger partial charge in [0.2, 0.25) is 10.0 Å². The van der Waals surface area contributed by atoms with Gasteiger partial charge in [0, 0.05) is 45.8 Å². The number of piperidine rings is 2. The zero-order valence-electron chi connectivity index (χ0n) is 19.3. The molecule has 0 amide bonds. The van der Waals surface area contributed by atoms with Crippen LogP contribution in [0.15, 0.2) is 34.2 Å². The molecular weight excluding hydrogens is 410 g/mol. The molecule has 2 fully saturated rings. The van der Waals surface area contributed by atoms with Crippen molar-refractivity contribution in [2.45, 2.75) is 63.4 Å². The summed E-state index contributed by atoms with van der Waals surface area (Å²) in [6, 6.07) is 7.68. The third-order valence-corrected chi connectivity index (χ3v) is 8.21. The van der Waals surface area contributed by atoms with Crippen LogP contribution in [-0.2, 0) is 16.6 Å². The highest BCUT2D eigenvalue weighted by Gasteiger charge is 2.28. The van der Waals surface area contributed by atoms with Gasteiger partial charge in [-0.25, -0.2) is 8.42 Å². The molecular formula is C23H39N5O2S. The SMILES string of the molecule is CCCN1CCC(NC(=NC)NCc2ccc(S(=O)(=O)N3CCCC(C)C3)cc2)CC1. The van der Waals surface area contributed by atoms with Crippen molar-refractivity contribution in [2.75, 3.05) is 39.8 Å². The Balaban J connectivity index is 1.50. The highest BCUT2D eigenvalue weighted by molar-refractivity contribution is 7.89. The van der Waals surface area contributed by atoms with E-state index in [1.54, 1.807) is 23.5 Å². The molecule has 174 valence electrons. The van der Waals surface area contributed by atoms with Gasteiger partial charge < -0.3 is 15.5 Å². The number of aliphatic imine (C=N–C) groups is 1. The van der Waals surface area contributed by atoms with Crippen molar-refractivity contribution in [2.24, 2.45) is 10.9 Å². The van der Waals surface area contributed by atoms with E-state index in [0.29, 0.717) is 36.5 Å². The number of likely N-dealkylation sites (tertiary alicyclic amines) is 1. The topological polar surface area (TPSA) is 77.0 Å². The van der Waals surface area contributed by atoms with Crippen molar-refractivity contribution in [3.8, 4) is 0 Å². The zero-order valence-corrected chi connectivity index (χ0v) is 20.1. The number of sulfonamides is 1. The Hall–Kier alpha value is -1.64. The average Bonchev–Trinajstić information content (AvgIpc) is 2.78. The van der Waals surface area contributed by atoms with E-state index in [1.807, 2.05) is 12.1 Å².